The fourth-order valence-corrected chi connectivity index (χ4v) is 2.55. The van der Waals surface area contributed by atoms with E-state index in [9.17, 15) is 15.3 Å². The summed E-state index contributed by atoms with van der Waals surface area (Å²) in [6.45, 7) is -0.230. The minimum Gasteiger partial charge on any atom is -0.394 e. The summed E-state index contributed by atoms with van der Waals surface area (Å²) >= 11 is 0. The van der Waals surface area contributed by atoms with E-state index in [-0.39, 0.29) is 19.4 Å². The molecule has 112 valence electrons. The van der Waals surface area contributed by atoms with Gasteiger partial charge in [-0.2, -0.15) is 0 Å². The van der Waals surface area contributed by atoms with E-state index in [0.29, 0.717) is 0 Å². The van der Waals surface area contributed by atoms with Crippen molar-refractivity contribution >= 4 is 0 Å². The molecule has 1 saturated heterocycles. The van der Waals surface area contributed by atoms with E-state index < -0.39 is 48.9 Å². The predicted molar refractivity (Wildman–Crippen MR) is 63.8 cm³/mol. The highest BCUT2D eigenvalue weighted by atomic mass is 16.7. The molecule has 0 bridgehead atoms. The van der Waals surface area contributed by atoms with Gasteiger partial charge in [0.05, 0.1) is 24.9 Å². The van der Waals surface area contributed by atoms with E-state index in [1.165, 1.54) is 0 Å². The Kier molecular flexibility index (Phi) is 4.75. The van der Waals surface area contributed by atoms with Gasteiger partial charge in [0, 0.05) is 18.5 Å². The van der Waals surface area contributed by atoms with Crippen LogP contribution in [0.3, 0.4) is 0 Å². The van der Waals surface area contributed by atoms with Crippen molar-refractivity contribution in [3.63, 3.8) is 0 Å². The molecular weight excluding hydrogens is 256 g/mol. The number of ether oxygens (including phenoxy) is 2. The summed E-state index contributed by atoms with van der Waals surface area (Å²) in [6.07, 6.45) is -5.11. The fraction of sp³-hybridized carbons (Fsp3) is 1.00. The van der Waals surface area contributed by atoms with Crippen molar-refractivity contribution in [2.45, 2.75) is 61.7 Å². The van der Waals surface area contributed by atoms with Crippen molar-refractivity contribution in [3.8, 4) is 0 Å². The van der Waals surface area contributed by atoms with Gasteiger partial charge in [-0.3, -0.25) is 0 Å². The van der Waals surface area contributed by atoms with Gasteiger partial charge in [-0.05, 0) is 6.42 Å². The minimum absolute atomic E-state index is 0.230. The average molecular weight is 278 g/mol. The maximum atomic E-state index is 9.94. The lowest BCUT2D eigenvalue weighted by molar-refractivity contribution is -0.241. The summed E-state index contributed by atoms with van der Waals surface area (Å²) in [7, 11) is 0. The van der Waals surface area contributed by atoms with Crippen LogP contribution in [0, 0.1) is 0 Å². The molecule has 8 atom stereocenters. The van der Waals surface area contributed by atoms with Gasteiger partial charge >= 0.3 is 0 Å². The van der Waals surface area contributed by atoms with E-state index in [1.807, 2.05) is 0 Å². The van der Waals surface area contributed by atoms with Gasteiger partial charge < -0.3 is 41.4 Å². The zero-order chi connectivity index (χ0) is 14.2. The Hall–Kier alpha value is -0.320. The first-order valence-corrected chi connectivity index (χ1v) is 6.41. The Morgan fingerprint density at radius 3 is 2.11 bits per heavy atom. The molecule has 0 aromatic heterocycles. The summed E-state index contributed by atoms with van der Waals surface area (Å²) in [6, 6.07) is -1.20. The van der Waals surface area contributed by atoms with Crippen LogP contribution in [0.4, 0.5) is 0 Å². The average Bonchev–Trinajstić information content (AvgIpc) is 2.73. The normalized spacial score (nSPS) is 51.5. The van der Waals surface area contributed by atoms with Crippen LogP contribution in [0.2, 0.25) is 0 Å². The van der Waals surface area contributed by atoms with E-state index >= 15 is 0 Å². The fourth-order valence-electron chi connectivity index (χ4n) is 2.55. The van der Waals surface area contributed by atoms with E-state index in [1.54, 1.807) is 0 Å². The monoisotopic (exact) mass is 278 g/mol. The lowest BCUT2D eigenvalue weighted by Gasteiger charge is -2.40. The molecule has 1 heterocycles. The molecule has 1 saturated carbocycles. The molecule has 0 aromatic rings. The Morgan fingerprint density at radius 2 is 1.63 bits per heavy atom. The smallest absolute Gasteiger partial charge is 0.184 e. The van der Waals surface area contributed by atoms with Crippen molar-refractivity contribution in [1.82, 2.24) is 0 Å². The van der Waals surface area contributed by atoms with Crippen LogP contribution in [-0.4, -0.2) is 75.9 Å². The minimum atomic E-state index is -1.08. The Morgan fingerprint density at radius 1 is 1.05 bits per heavy atom. The third-order valence-corrected chi connectivity index (χ3v) is 3.73. The molecule has 1 unspecified atom stereocenters. The SMILES string of the molecule is N[C@@H]1C[C@H](N)[C@@H](O)C(O[C@@H]2O[C@H](CO)C[C@H]2O)[C@H]1O. The number of aliphatic hydroxyl groups excluding tert-OH is 4. The largest absolute Gasteiger partial charge is 0.394 e. The zero-order valence-electron chi connectivity index (χ0n) is 10.5. The molecule has 0 amide bonds. The molecule has 8 nitrogen and oxygen atoms in total. The van der Waals surface area contributed by atoms with Gasteiger partial charge in [0.25, 0.3) is 0 Å². The molecule has 19 heavy (non-hydrogen) atoms. The molecule has 8 N–H and O–H groups in total. The van der Waals surface area contributed by atoms with E-state index in [0.717, 1.165) is 0 Å². The second kappa shape index (κ2) is 5.98. The van der Waals surface area contributed by atoms with Gasteiger partial charge in [-0.15, -0.1) is 0 Å². The first kappa shape index (κ1) is 15.1. The van der Waals surface area contributed by atoms with Gasteiger partial charge in [0.1, 0.15) is 12.2 Å². The van der Waals surface area contributed by atoms with Crippen LogP contribution in [0.5, 0.6) is 0 Å². The summed E-state index contributed by atoms with van der Waals surface area (Å²) in [5, 5.41) is 38.6. The number of aliphatic hydroxyl groups is 4. The summed E-state index contributed by atoms with van der Waals surface area (Å²) < 4.78 is 10.7. The zero-order valence-corrected chi connectivity index (χ0v) is 10.5. The molecule has 2 rings (SSSR count). The molecule has 1 aliphatic heterocycles. The standard InChI is InChI=1S/C11H22N2O6/c12-5-2-6(13)9(17)10(8(5)16)19-11-7(15)1-4(3-14)18-11/h4-11,14-17H,1-3,12-13H2/t4-,5-,6+,7+,8+,9-,10?,11-/m0/s1. The van der Waals surface area contributed by atoms with Crippen LogP contribution >= 0.6 is 0 Å². The Balaban J connectivity index is 2.00. The van der Waals surface area contributed by atoms with Crippen molar-refractivity contribution in [2.24, 2.45) is 11.5 Å². The first-order valence-electron chi connectivity index (χ1n) is 6.41. The number of hydrogen-bond donors (Lipinski definition) is 6. The molecule has 2 fully saturated rings. The Labute approximate surface area is 110 Å². The van der Waals surface area contributed by atoms with Crippen molar-refractivity contribution in [3.05, 3.63) is 0 Å². The predicted octanol–water partition coefficient (Wildman–Crippen LogP) is -3.38. The van der Waals surface area contributed by atoms with Crippen LogP contribution in [0.1, 0.15) is 12.8 Å². The summed E-state index contributed by atoms with van der Waals surface area (Å²) in [4.78, 5) is 0. The number of nitrogens with two attached hydrogens (primary N) is 2. The van der Waals surface area contributed by atoms with Crippen LogP contribution in [0.25, 0.3) is 0 Å². The highest BCUT2D eigenvalue weighted by Gasteiger charge is 2.45. The quantitative estimate of drug-likeness (QED) is 0.313. The van der Waals surface area contributed by atoms with Crippen LogP contribution in [0.15, 0.2) is 0 Å². The molecule has 0 aromatic carbocycles. The molecular formula is C11H22N2O6. The molecule has 0 spiro atoms. The number of rotatable bonds is 3. The van der Waals surface area contributed by atoms with Gasteiger partial charge in [-0.25, -0.2) is 0 Å². The third-order valence-electron chi connectivity index (χ3n) is 3.73. The van der Waals surface area contributed by atoms with Crippen molar-refractivity contribution in [2.75, 3.05) is 6.61 Å². The maximum absolute atomic E-state index is 9.94. The van der Waals surface area contributed by atoms with Crippen molar-refractivity contribution in [1.29, 1.82) is 0 Å². The van der Waals surface area contributed by atoms with E-state index in [2.05, 4.69) is 0 Å². The third kappa shape index (κ3) is 3.06. The Bertz CT molecular complexity index is 293. The lowest BCUT2D eigenvalue weighted by atomic mass is 9.85. The molecule has 0 radical (unpaired) electrons. The molecule has 8 heteroatoms. The van der Waals surface area contributed by atoms with Gasteiger partial charge in [0.15, 0.2) is 6.29 Å². The highest BCUT2D eigenvalue weighted by molar-refractivity contribution is 4.98. The van der Waals surface area contributed by atoms with Gasteiger partial charge in [0.2, 0.25) is 0 Å². The second-order valence-electron chi connectivity index (χ2n) is 5.26. The number of hydrogen-bond acceptors (Lipinski definition) is 8. The topological polar surface area (TPSA) is 151 Å². The maximum Gasteiger partial charge on any atom is 0.184 e. The van der Waals surface area contributed by atoms with Crippen LogP contribution in [-0.2, 0) is 9.47 Å². The highest BCUT2D eigenvalue weighted by Crippen LogP contribution is 2.27. The second-order valence-corrected chi connectivity index (χ2v) is 5.26. The summed E-state index contributed by atoms with van der Waals surface area (Å²) in [5.74, 6) is 0. The molecule has 2 aliphatic rings. The van der Waals surface area contributed by atoms with Crippen molar-refractivity contribution < 1.29 is 29.9 Å². The van der Waals surface area contributed by atoms with Gasteiger partial charge in [-0.1, -0.05) is 0 Å². The summed E-state index contributed by atoms with van der Waals surface area (Å²) in [5.41, 5.74) is 11.4. The molecule has 1 aliphatic carbocycles. The van der Waals surface area contributed by atoms with E-state index in [4.69, 9.17) is 26.0 Å². The van der Waals surface area contributed by atoms with Crippen LogP contribution < -0.4 is 11.5 Å². The first-order chi connectivity index (χ1) is 8.93. The lowest BCUT2D eigenvalue weighted by Crippen LogP contribution is -2.63.